The van der Waals surface area contributed by atoms with E-state index < -0.39 is 18.5 Å². The number of nitrogens with zero attached hydrogens (tertiary/aromatic N) is 2. The first kappa shape index (κ1) is 22.2. The molecule has 1 amide bonds. The summed E-state index contributed by atoms with van der Waals surface area (Å²) < 4.78 is 45.4. The monoisotopic (exact) mass is 468 g/mol. The molecule has 6 nitrogen and oxygen atoms in total. The van der Waals surface area contributed by atoms with E-state index in [1.54, 1.807) is 6.07 Å². The number of anilines is 1. The van der Waals surface area contributed by atoms with Crippen LogP contribution in [-0.2, 0) is 17.7 Å². The van der Waals surface area contributed by atoms with Gasteiger partial charge in [-0.05, 0) is 50.3 Å². The van der Waals surface area contributed by atoms with Crippen molar-refractivity contribution in [3.05, 3.63) is 39.9 Å². The molecule has 29 heavy (non-hydrogen) atoms. The maximum atomic E-state index is 12.9. The Balaban J connectivity index is 1.84. The SMILES string of the molecule is CC(NSc1c(Cl)c(C(=O)Nc2ccnc(Cl)c2)n2c1CCCC2)OC(F)(F)F. The molecule has 2 aromatic heterocycles. The Morgan fingerprint density at radius 2 is 2.14 bits per heavy atom. The molecule has 158 valence electrons. The molecule has 0 fully saturated rings. The van der Waals surface area contributed by atoms with Crippen molar-refractivity contribution >= 4 is 46.7 Å². The zero-order valence-corrected chi connectivity index (χ0v) is 17.5. The third kappa shape index (κ3) is 5.58. The molecule has 1 unspecified atom stereocenters. The molecule has 0 aromatic carbocycles. The highest BCUT2D eigenvalue weighted by molar-refractivity contribution is 7.97. The van der Waals surface area contributed by atoms with Crippen molar-refractivity contribution < 1.29 is 22.7 Å². The fraction of sp³-hybridized carbons (Fsp3) is 0.412. The highest BCUT2D eigenvalue weighted by Gasteiger charge is 2.33. The lowest BCUT2D eigenvalue weighted by atomic mass is 10.1. The molecule has 0 spiro atoms. The second-order valence-electron chi connectivity index (χ2n) is 6.29. The molecular formula is C17H17Cl2F3N4O2S. The van der Waals surface area contributed by atoms with Gasteiger partial charge in [-0.25, -0.2) is 9.71 Å². The van der Waals surface area contributed by atoms with Gasteiger partial charge in [-0.15, -0.1) is 13.2 Å². The molecular weight excluding hydrogens is 452 g/mol. The maximum Gasteiger partial charge on any atom is 0.524 e. The summed E-state index contributed by atoms with van der Waals surface area (Å²) >= 11 is 13.2. The molecule has 0 saturated carbocycles. The van der Waals surface area contributed by atoms with Crippen LogP contribution in [0.3, 0.4) is 0 Å². The quantitative estimate of drug-likeness (QED) is 0.343. The van der Waals surface area contributed by atoms with Gasteiger partial charge < -0.3 is 9.88 Å². The smallest absolute Gasteiger partial charge is 0.338 e. The van der Waals surface area contributed by atoms with E-state index in [0.29, 0.717) is 23.5 Å². The average Bonchev–Trinajstić information content (AvgIpc) is 2.90. The number of carbonyl (C=O) groups excluding carboxylic acids is 1. The zero-order valence-electron chi connectivity index (χ0n) is 15.1. The van der Waals surface area contributed by atoms with Crippen LogP contribution < -0.4 is 10.0 Å². The minimum atomic E-state index is -4.76. The van der Waals surface area contributed by atoms with Gasteiger partial charge in [0.2, 0.25) is 0 Å². The second-order valence-corrected chi connectivity index (χ2v) is 7.91. The summed E-state index contributed by atoms with van der Waals surface area (Å²) in [5.74, 6) is -0.438. The summed E-state index contributed by atoms with van der Waals surface area (Å²) in [7, 11) is 0. The molecule has 1 aliphatic rings. The molecule has 1 aliphatic heterocycles. The highest BCUT2D eigenvalue weighted by atomic mass is 35.5. The van der Waals surface area contributed by atoms with Crippen LogP contribution in [0.4, 0.5) is 18.9 Å². The van der Waals surface area contributed by atoms with Gasteiger partial charge in [0.1, 0.15) is 17.1 Å². The topological polar surface area (TPSA) is 68.2 Å². The number of carbonyl (C=O) groups is 1. The Labute approximate surface area is 179 Å². The molecule has 0 saturated heterocycles. The van der Waals surface area contributed by atoms with Crippen molar-refractivity contribution in [2.24, 2.45) is 0 Å². The predicted octanol–water partition coefficient (Wildman–Crippen LogP) is 5.26. The fourth-order valence-electron chi connectivity index (χ4n) is 3.03. The van der Waals surface area contributed by atoms with Gasteiger partial charge in [-0.1, -0.05) is 23.2 Å². The number of ether oxygens (including phenoxy) is 1. The van der Waals surface area contributed by atoms with Crippen LogP contribution in [0, 0.1) is 0 Å². The van der Waals surface area contributed by atoms with Gasteiger partial charge in [0, 0.05) is 24.1 Å². The van der Waals surface area contributed by atoms with Gasteiger partial charge in [-0.2, -0.15) is 0 Å². The largest absolute Gasteiger partial charge is 0.524 e. The molecule has 0 aliphatic carbocycles. The summed E-state index contributed by atoms with van der Waals surface area (Å²) in [6, 6.07) is 3.09. The number of alkyl halides is 3. The molecule has 0 radical (unpaired) electrons. The number of amides is 1. The van der Waals surface area contributed by atoms with Crippen LogP contribution in [0.25, 0.3) is 0 Å². The lowest BCUT2D eigenvalue weighted by molar-refractivity contribution is -0.341. The van der Waals surface area contributed by atoms with Gasteiger partial charge >= 0.3 is 6.36 Å². The Hall–Kier alpha value is -1.46. The van der Waals surface area contributed by atoms with Crippen molar-refractivity contribution in [1.29, 1.82) is 0 Å². The molecule has 3 rings (SSSR count). The lowest BCUT2D eigenvalue weighted by Gasteiger charge is -2.19. The average molecular weight is 469 g/mol. The van der Waals surface area contributed by atoms with E-state index in [0.717, 1.165) is 30.5 Å². The van der Waals surface area contributed by atoms with Crippen molar-refractivity contribution in [2.75, 3.05) is 5.32 Å². The molecule has 12 heteroatoms. The van der Waals surface area contributed by atoms with Gasteiger partial charge in [0.25, 0.3) is 5.91 Å². The summed E-state index contributed by atoms with van der Waals surface area (Å²) in [6.07, 6.45) is -2.18. The summed E-state index contributed by atoms with van der Waals surface area (Å²) in [6.45, 7) is 1.82. The minimum Gasteiger partial charge on any atom is -0.338 e. The molecule has 3 heterocycles. The van der Waals surface area contributed by atoms with Crippen molar-refractivity contribution in [1.82, 2.24) is 14.3 Å². The number of halogens is 5. The van der Waals surface area contributed by atoms with E-state index in [1.807, 2.05) is 4.57 Å². The third-order valence-electron chi connectivity index (χ3n) is 4.15. The molecule has 1 atom stereocenters. The summed E-state index contributed by atoms with van der Waals surface area (Å²) in [4.78, 5) is 17.2. The minimum absolute atomic E-state index is 0.177. The van der Waals surface area contributed by atoms with Crippen molar-refractivity contribution in [2.45, 2.75) is 50.2 Å². The van der Waals surface area contributed by atoms with Crippen molar-refractivity contribution in [3.63, 3.8) is 0 Å². The predicted molar refractivity (Wildman–Crippen MR) is 105 cm³/mol. The Morgan fingerprint density at radius 3 is 2.83 bits per heavy atom. The van der Waals surface area contributed by atoms with Crippen LogP contribution in [0.2, 0.25) is 10.2 Å². The van der Waals surface area contributed by atoms with E-state index >= 15 is 0 Å². The number of pyridine rings is 1. The number of hydrogen-bond donors (Lipinski definition) is 2. The molecule has 0 bridgehead atoms. The Kier molecular flexibility index (Phi) is 7.00. The number of nitrogens with one attached hydrogen (secondary N) is 2. The molecule has 2 aromatic rings. The number of rotatable bonds is 6. The number of fused-ring (bicyclic) bond motifs is 1. The van der Waals surface area contributed by atoms with Gasteiger partial charge in [-0.3, -0.25) is 9.53 Å². The summed E-state index contributed by atoms with van der Waals surface area (Å²) in [5, 5.41) is 3.13. The maximum absolute atomic E-state index is 12.9. The standard InChI is InChI=1S/C17H17Cl2F3N4O2S/c1-9(28-17(20,21)22)25-29-15-11-4-2-3-7-26(11)14(13(15)19)16(27)24-10-5-6-23-12(18)8-10/h5-6,8-9,25H,2-4,7H2,1H3,(H,23,24,27). The first-order valence-electron chi connectivity index (χ1n) is 8.66. The third-order valence-corrected chi connectivity index (χ3v) is 5.93. The highest BCUT2D eigenvalue weighted by Crippen LogP contribution is 2.38. The van der Waals surface area contributed by atoms with Gasteiger partial charge in [0.15, 0.2) is 0 Å². The number of aromatic nitrogens is 2. The second kappa shape index (κ2) is 9.13. The Bertz CT molecular complexity index is 908. The van der Waals surface area contributed by atoms with E-state index in [2.05, 4.69) is 19.8 Å². The first-order chi connectivity index (χ1) is 13.7. The van der Waals surface area contributed by atoms with Crippen molar-refractivity contribution in [3.8, 4) is 0 Å². The number of hydrogen-bond acceptors (Lipinski definition) is 5. The molecule has 2 N–H and O–H groups in total. The van der Waals surface area contributed by atoms with Crippen LogP contribution in [-0.4, -0.2) is 28.0 Å². The van der Waals surface area contributed by atoms with Gasteiger partial charge in [0.05, 0.1) is 9.92 Å². The Morgan fingerprint density at radius 1 is 1.38 bits per heavy atom. The normalized spacial score (nSPS) is 15.1. The van der Waals surface area contributed by atoms with E-state index in [9.17, 15) is 18.0 Å². The first-order valence-corrected chi connectivity index (χ1v) is 10.2. The van der Waals surface area contributed by atoms with E-state index in [1.165, 1.54) is 19.2 Å². The van der Waals surface area contributed by atoms with Crippen LogP contribution in [0.1, 0.15) is 35.9 Å². The van der Waals surface area contributed by atoms with E-state index in [4.69, 9.17) is 23.2 Å². The zero-order chi connectivity index (χ0) is 21.2. The van der Waals surface area contributed by atoms with Crippen LogP contribution >= 0.6 is 35.1 Å². The van der Waals surface area contributed by atoms with E-state index in [-0.39, 0.29) is 15.9 Å². The fourth-order valence-corrected chi connectivity index (χ4v) is 4.47. The summed E-state index contributed by atoms with van der Waals surface area (Å²) in [5.41, 5.74) is 1.51. The van der Waals surface area contributed by atoms with Crippen LogP contribution in [0.5, 0.6) is 0 Å². The van der Waals surface area contributed by atoms with Crippen LogP contribution in [0.15, 0.2) is 23.2 Å². The lowest BCUT2D eigenvalue weighted by Crippen LogP contribution is -2.30.